The Bertz CT molecular complexity index is 720. The lowest BCUT2D eigenvalue weighted by atomic mass is 10.0. The molecule has 3 rings (SSSR count). The second-order valence-corrected chi connectivity index (χ2v) is 8.25. The molecule has 0 bridgehead atoms. The molecule has 0 saturated carbocycles. The van der Waals surface area contributed by atoms with Crippen LogP contribution in [0.15, 0.2) is 5.16 Å². The van der Waals surface area contributed by atoms with Gasteiger partial charge >= 0.3 is 0 Å². The third-order valence-electron chi connectivity index (χ3n) is 4.21. The zero-order chi connectivity index (χ0) is 18.4. The average molecular weight is 396 g/mol. The highest BCUT2D eigenvalue weighted by molar-refractivity contribution is 7.99. The Hall–Kier alpha value is -1.45. The van der Waals surface area contributed by atoms with E-state index in [-0.39, 0.29) is 5.91 Å². The fraction of sp³-hybridized carbons (Fsp3) is 0.647. The van der Waals surface area contributed by atoms with E-state index in [0.29, 0.717) is 18.9 Å². The van der Waals surface area contributed by atoms with Crippen molar-refractivity contribution in [2.45, 2.75) is 57.1 Å². The molecule has 1 aliphatic rings. The molecule has 7 nitrogen and oxygen atoms in total. The molecule has 1 amide bonds. The van der Waals surface area contributed by atoms with Gasteiger partial charge < -0.3 is 14.6 Å². The lowest BCUT2D eigenvalue weighted by molar-refractivity contribution is -0.113. The summed E-state index contributed by atoms with van der Waals surface area (Å²) >= 11 is 3.01. The van der Waals surface area contributed by atoms with Gasteiger partial charge in [-0.05, 0) is 32.1 Å². The van der Waals surface area contributed by atoms with Gasteiger partial charge in [-0.1, -0.05) is 18.7 Å². The zero-order valence-corrected chi connectivity index (χ0v) is 16.9. The van der Waals surface area contributed by atoms with Crippen LogP contribution in [0.5, 0.6) is 0 Å². The molecule has 0 radical (unpaired) electrons. The van der Waals surface area contributed by atoms with Crippen molar-refractivity contribution in [1.29, 1.82) is 0 Å². The minimum Gasteiger partial charge on any atom is -0.383 e. The summed E-state index contributed by atoms with van der Waals surface area (Å²) in [4.78, 5) is 18.2. The van der Waals surface area contributed by atoms with E-state index in [0.717, 1.165) is 47.5 Å². The molecule has 9 heteroatoms. The number of fused-ring (bicyclic) bond motifs is 1. The molecule has 0 fully saturated rings. The highest BCUT2D eigenvalue weighted by atomic mass is 32.2. The number of aryl methyl sites for hydroxylation is 3. The van der Waals surface area contributed by atoms with Gasteiger partial charge in [0.2, 0.25) is 5.91 Å². The average Bonchev–Trinajstić information content (AvgIpc) is 3.21. The fourth-order valence-electron chi connectivity index (χ4n) is 2.93. The van der Waals surface area contributed by atoms with Crippen LogP contribution in [0.4, 0.5) is 5.13 Å². The van der Waals surface area contributed by atoms with Gasteiger partial charge in [-0.15, -0.1) is 21.5 Å². The van der Waals surface area contributed by atoms with Gasteiger partial charge in [0.15, 0.2) is 10.3 Å². The first kappa shape index (κ1) is 19.3. The molecule has 1 aliphatic carbocycles. The Morgan fingerprint density at radius 3 is 2.96 bits per heavy atom. The highest BCUT2D eigenvalue weighted by Gasteiger charge is 2.17. The summed E-state index contributed by atoms with van der Waals surface area (Å²) in [5.74, 6) is 1.18. The molecule has 0 aromatic carbocycles. The molecule has 2 aromatic rings. The molecule has 0 saturated heterocycles. The number of carbonyl (C=O) groups excluding carboxylic acids is 1. The van der Waals surface area contributed by atoms with Crippen LogP contribution in [0, 0.1) is 0 Å². The topological polar surface area (TPSA) is 81.9 Å². The number of amides is 1. The summed E-state index contributed by atoms with van der Waals surface area (Å²) in [7, 11) is 1.68. The van der Waals surface area contributed by atoms with Crippen molar-refractivity contribution in [2.24, 2.45) is 0 Å². The first-order valence-electron chi connectivity index (χ1n) is 9.03. The molecule has 1 N–H and O–H groups in total. The molecule has 26 heavy (non-hydrogen) atoms. The van der Waals surface area contributed by atoms with Gasteiger partial charge in [-0.25, -0.2) is 4.98 Å². The van der Waals surface area contributed by atoms with E-state index in [9.17, 15) is 4.79 Å². The minimum atomic E-state index is -0.0561. The summed E-state index contributed by atoms with van der Waals surface area (Å²) in [6, 6.07) is 0. The van der Waals surface area contributed by atoms with Crippen molar-refractivity contribution in [3.05, 3.63) is 16.4 Å². The number of aromatic nitrogens is 4. The van der Waals surface area contributed by atoms with Crippen LogP contribution in [0.3, 0.4) is 0 Å². The Morgan fingerprint density at radius 2 is 2.19 bits per heavy atom. The van der Waals surface area contributed by atoms with E-state index in [1.165, 1.54) is 29.5 Å². The third kappa shape index (κ3) is 4.83. The van der Waals surface area contributed by atoms with Crippen LogP contribution in [0.25, 0.3) is 0 Å². The van der Waals surface area contributed by atoms with Crippen LogP contribution in [0.2, 0.25) is 0 Å². The van der Waals surface area contributed by atoms with E-state index in [1.54, 1.807) is 18.4 Å². The number of thiazole rings is 1. The smallest absolute Gasteiger partial charge is 0.236 e. The van der Waals surface area contributed by atoms with Crippen molar-refractivity contribution in [3.8, 4) is 0 Å². The molecular weight excluding hydrogens is 370 g/mol. The summed E-state index contributed by atoms with van der Waals surface area (Å²) in [5.41, 5.74) is 1.16. The number of ether oxygens (including phenoxy) is 1. The SMILES string of the molecule is CCCc1nnc(SCC(=O)Nc2nc3c(s2)CCCC3)n1CCOC. The van der Waals surface area contributed by atoms with Crippen LogP contribution in [0.1, 0.15) is 42.6 Å². The number of hydrogen-bond donors (Lipinski definition) is 1. The van der Waals surface area contributed by atoms with Crippen LogP contribution >= 0.6 is 23.1 Å². The standard InChI is InChI=1S/C17H25N5O2S2/c1-3-6-14-20-21-17(22(14)9-10-24-2)25-11-15(23)19-16-18-12-7-4-5-8-13(12)26-16/h3-11H2,1-2H3,(H,18,19,23). The molecule has 0 spiro atoms. The number of nitrogens with one attached hydrogen (secondary N) is 1. The first-order chi connectivity index (χ1) is 12.7. The summed E-state index contributed by atoms with van der Waals surface area (Å²) in [6.45, 7) is 3.41. The second kappa shape index (κ2) is 9.48. The van der Waals surface area contributed by atoms with Crippen molar-refractivity contribution >= 4 is 34.1 Å². The molecule has 0 atom stereocenters. The number of carbonyl (C=O) groups is 1. The number of methoxy groups -OCH3 is 1. The number of anilines is 1. The number of nitrogens with zero attached hydrogens (tertiary/aromatic N) is 4. The highest BCUT2D eigenvalue weighted by Crippen LogP contribution is 2.29. The van der Waals surface area contributed by atoms with Crippen molar-refractivity contribution in [2.75, 3.05) is 24.8 Å². The van der Waals surface area contributed by atoms with E-state index < -0.39 is 0 Å². The fourth-order valence-corrected chi connectivity index (χ4v) is 4.78. The maximum Gasteiger partial charge on any atom is 0.236 e. The third-order valence-corrected chi connectivity index (χ3v) is 6.25. The van der Waals surface area contributed by atoms with Crippen molar-refractivity contribution < 1.29 is 9.53 Å². The zero-order valence-electron chi connectivity index (χ0n) is 15.3. The molecule has 0 unspecified atom stereocenters. The van der Waals surface area contributed by atoms with Gasteiger partial charge in [-0.3, -0.25) is 4.79 Å². The Labute approximate surface area is 161 Å². The number of hydrogen-bond acceptors (Lipinski definition) is 7. The maximum absolute atomic E-state index is 12.3. The lowest BCUT2D eigenvalue weighted by Crippen LogP contribution is -2.15. The Balaban J connectivity index is 1.57. The Morgan fingerprint density at radius 1 is 1.35 bits per heavy atom. The quantitative estimate of drug-likeness (QED) is 0.658. The monoisotopic (exact) mass is 395 g/mol. The molecule has 2 aromatic heterocycles. The molecule has 2 heterocycles. The maximum atomic E-state index is 12.3. The first-order valence-corrected chi connectivity index (χ1v) is 10.8. The predicted octanol–water partition coefficient (Wildman–Crippen LogP) is 2.94. The predicted molar refractivity (Wildman–Crippen MR) is 104 cm³/mol. The number of rotatable bonds is 9. The van der Waals surface area contributed by atoms with Crippen LogP contribution in [-0.4, -0.2) is 45.1 Å². The van der Waals surface area contributed by atoms with Gasteiger partial charge in [-0.2, -0.15) is 0 Å². The number of thioether (sulfide) groups is 1. The Kier molecular flexibility index (Phi) is 7.04. The van der Waals surface area contributed by atoms with Gasteiger partial charge in [0.05, 0.1) is 18.1 Å². The molecular formula is C17H25N5O2S2. The second-order valence-electron chi connectivity index (χ2n) is 6.23. The van der Waals surface area contributed by atoms with Crippen molar-refractivity contribution in [3.63, 3.8) is 0 Å². The van der Waals surface area contributed by atoms with Gasteiger partial charge in [0.25, 0.3) is 0 Å². The minimum absolute atomic E-state index is 0.0561. The largest absolute Gasteiger partial charge is 0.383 e. The van der Waals surface area contributed by atoms with Gasteiger partial charge in [0.1, 0.15) is 5.82 Å². The normalized spacial score (nSPS) is 13.6. The van der Waals surface area contributed by atoms with Crippen LogP contribution < -0.4 is 5.32 Å². The van der Waals surface area contributed by atoms with E-state index in [1.807, 2.05) is 4.57 Å². The molecule has 0 aliphatic heterocycles. The van der Waals surface area contributed by atoms with Crippen LogP contribution in [-0.2, 0) is 35.3 Å². The van der Waals surface area contributed by atoms with Crippen molar-refractivity contribution in [1.82, 2.24) is 19.7 Å². The summed E-state index contributed by atoms with van der Waals surface area (Å²) < 4.78 is 7.22. The summed E-state index contributed by atoms with van der Waals surface area (Å²) in [6.07, 6.45) is 6.39. The molecule has 142 valence electrons. The summed E-state index contributed by atoms with van der Waals surface area (Å²) in [5, 5.41) is 12.9. The van der Waals surface area contributed by atoms with E-state index >= 15 is 0 Å². The lowest BCUT2D eigenvalue weighted by Gasteiger charge is -2.08. The van der Waals surface area contributed by atoms with E-state index in [2.05, 4.69) is 27.4 Å². The van der Waals surface area contributed by atoms with E-state index in [4.69, 9.17) is 4.74 Å². The van der Waals surface area contributed by atoms with Gasteiger partial charge in [0, 0.05) is 25.0 Å².